The molecule has 1 fully saturated rings. The van der Waals surface area contributed by atoms with Crippen molar-refractivity contribution in [3.05, 3.63) is 29.8 Å². The predicted octanol–water partition coefficient (Wildman–Crippen LogP) is 2.45. The molecule has 1 heterocycles. The molecule has 20 heavy (non-hydrogen) atoms. The second-order valence-electron chi connectivity index (χ2n) is 4.89. The van der Waals surface area contributed by atoms with Crippen LogP contribution < -0.4 is 5.32 Å². The van der Waals surface area contributed by atoms with Gasteiger partial charge in [0.15, 0.2) is 0 Å². The Bertz CT molecular complexity index is 487. The van der Waals surface area contributed by atoms with Crippen molar-refractivity contribution in [3.63, 3.8) is 0 Å². The van der Waals surface area contributed by atoms with Gasteiger partial charge in [-0.1, -0.05) is 0 Å². The molecule has 0 aromatic heterocycles. The van der Waals surface area contributed by atoms with Gasteiger partial charge >= 0.3 is 6.03 Å². The van der Waals surface area contributed by atoms with Crippen LogP contribution >= 0.6 is 0 Å². The van der Waals surface area contributed by atoms with Crippen LogP contribution in [0.25, 0.3) is 0 Å². The summed E-state index contributed by atoms with van der Waals surface area (Å²) in [5.74, 6) is 0.432. The Balaban J connectivity index is 1.92. The maximum Gasteiger partial charge on any atom is 0.321 e. The Morgan fingerprint density at radius 1 is 1.50 bits per heavy atom. The summed E-state index contributed by atoms with van der Waals surface area (Å²) in [6.07, 6.45) is 1.01. The highest BCUT2D eigenvalue weighted by Crippen LogP contribution is 2.15. The molecule has 1 saturated heterocycles. The predicted molar refractivity (Wildman–Crippen MR) is 76.3 cm³/mol. The van der Waals surface area contributed by atoms with Crippen LogP contribution in [0, 0.1) is 17.2 Å². The number of nitrogens with one attached hydrogen (secondary N) is 1. The number of hydrogen-bond acceptors (Lipinski definition) is 3. The van der Waals surface area contributed by atoms with Crippen LogP contribution in [-0.2, 0) is 4.74 Å². The number of carbonyl (C=O) groups is 1. The third-order valence-electron chi connectivity index (χ3n) is 3.44. The first kappa shape index (κ1) is 14.4. The molecular weight excluding hydrogens is 254 g/mol. The summed E-state index contributed by atoms with van der Waals surface area (Å²) in [4.78, 5) is 14.0. The highest BCUT2D eigenvalue weighted by molar-refractivity contribution is 5.89. The van der Waals surface area contributed by atoms with Crippen molar-refractivity contribution >= 4 is 11.7 Å². The molecular formula is C15H19N3O2. The molecule has 0 saturated carbocycles. The van der Waals surface area contributed by atoms with Crippen molar-refractivity contribution in [1.82, 2.24) is 4.90 Å². The summed E-state index contributed by atoms with van der Waals surface area (Å²) in [6.45, 7) is 4.88. The molecule has 0 spiro atoms. The number of benzene rings is 1. The van der Waals surface area contributed by atoms with E-state index in [0.29, 0.717) is 23.7 Å². The summed E-state index contributed by atoms with van der Waals surface area (Å²) < 4.78 is 5.34. The molecule has 0 unspecified atom stereocenters. The van der Waals surface area contributed by atoms with Gasteiger partial charge in [-0.3, -0.25) is 0 Å². The minimum Gasteiger partial charge on any atom is -0.381 e. The van der Waals surface area contributed by atoms with Crippen LogP contribution in [0.2, 0.25) is 0 Å². The Kier molecular flexibility index (Phi) is 4.97. The number of ether oxygens (including phenoxy) is 1. The van der Waals surface area contributed by atoms with Crippen LogP contribution in [0.1, 0.15) is 18.9 Å². The molecule has 5 nitrogen and oxygen atoms in total. The van der Waals surface area contributed by atoms with Gasteiger partial charge in [0.05, 0.1) is 18.2 Å². The molecule has 1 aliphatic rings. The second kappa shape index (κ2) is 6.92. The average molecular weight is 273 g/mol. The maximum atomic E-state index is 12.2. The summed E-state index contributed by atoms with van der Waals surface area (Å²) in [5.41, 5.74) is 1.29. The largest absolute Gasteiger partial charge is 0.381 e. The van der Waals surface area contributed by atoms with Gasteiger partial charge in [-0.2, -0.15) is 5.26 Å². The number of amides is 2. The van der Waals surface area contributed by atoms with Crippen LogP contribution in [0.15, 0.2) is 24.3 Å². The van der Waals surface area contributed by atoms with Gasteiger partial charge in [0.2, 0.25) is 0 Å². The van der Waals surface area contributed by atoms with Crippen molar-refractivity contribution in [3.8, 4) is 6.07 Å². The van der Waals surface area contributed by atoms with Crippen LogP contribution in [0.3, 0.4) is 0 Å². The Morgan fingerprint density at radius 2 is 2.25 bits per heavy atom. The van der Waals surface area contributed by atoms with Gasteiger partial charge in [-0.05, 0) is 37.6 Å². The monoisotopic (exact) mass is 273 g/mol. The molecule has 2 rings (SSSR count). The van der Waals surface area contributed by atoms with Crippen LogP contribution in [-0.4, -0.2) is 37.2 Å². The molecule has 1 N–H and O–H groups in total. The Hall–Kier alpha value is -2.06. The van der Waals surface area contributed by atoms with Crippen molar-refractivity contribution in [2.75, 3.05) is 31.6 Å². The lowest BCUT2D eigenvalue weighted by atomic mass is 10.1. The van der Waals surface area contributed by atoms with Gasteiger partial charge < -0.3 is 15.0 Å². The molecule has 1 aromatic rings. The fraction of sp³-hybridized carbons (Fsp3) is 0.467. The van der Waals surface area contributed by atoms with E-state index in [4.69, 9.17) is 10.00 Å². The molecule has 1 aliphatic heterocycles. The summed E-state index contributed by atoms with van der Waals surface area (Å²) in [6, 6.07) is 8.81. The normalized spacial score (nSPS) is 17.5. The third kappa shape index (κ3) is 3.72. The first-order valence-electron chi connectivity index (χ1n) is 6.86. The first-order valence-corrected chi connectivity index (χ1v) is 6.86. The van der Waals surface area contributed by atoms with E-state index in [2.05, 4.69) is 11.4 Å². The molecule has 0 aliphatic carbocycles. The number of nitrogens with zero attached hydrogens (tertiary/aromatic N) is 2. The second-order valence-corrected chi connectivity index (χ2v) is 4.89. The van der Waals surface area contributed by atoms with E-state index in [1.807, 2.05) is 6.92 Å². The van der Waals surface area contributed by atoms with E-state index in [1.165, 1.54) is 0 Å². The van der Waals surface area contributed by atoms with Crippen molar-refractivity contribution in [2.45, 2.75) is 13.3 Å². The smallest absolute Gasteiger partial charge is 0.321 e. The quantitative estimate of drug-likeness (QED) is 0.916. The number of urea groups is 1. The first-order chi connectivity index (χ1) is 9.72. The third-order valence-corrected chi connectivity index (χ3v) is 3.44. The fourth-order valence-electron chi connectivity index (χ4n) is 2.23. The molecule has 0 radical (unpaired) electrons. The van der Waals surface area contributed by atoms with E-state index in [1.54, 1.807) is 29.2 Å². The van der Waals surface area contributed by atoms with Crippen LogP contribution in [0.4, 0.5) is 10.5 Å². The van der Waals surface area contributed by atoms with Gasteiger partial charge in [0.25, 0.3) is 0 Å². The van der Waals surface area contributed by atoms with E-state index in [0.717, 1.165) is 26.2 Å². The Labute approximate surface area is 119 Å². The highest BCUT2D eigenvalue weighted by atomic mass is 16.5. The SMILES string of the molecule is CCN(C[C@@H]1CCOC1)C(=O)Nc1ccc(C#N)cc1. The number of carbonyl (C=O) groups excluding carboxylic acids is 1. The zero-order valence-electron chi connectivity index (χ0n) is 11.6. The van der Waals surface area contributed by atoms with E-state index in [-0.39, 0.29) is 6.03 Å². The standard InChI is InChI=1S/C15H19N3O2/c1-2-18(10-13-7-8-20-11-13)15(19)17-14-5-3-12(9-16)4-6-14/h3-6,13H,2,7-8,10-11H2,1H3,(H,17,19)/t13-/m0/s1. The number of anilines is 1. The Morgan fingerprint density at radius 3 is 2.80 bits per heavy atom. The number of rotatable bonds is 4. The molecule has 106 valence electrons. The van der Waals surface area contributed by atoms with Crippen molar-refractivity contribution in [1.29, 1.82) is 5.26 Å². The van der Waals surface area contributed by atoms with Crippen molar-refractivity contribution < 1.29 is 9.53 Å². The summed E-state index contributed by atoms with van der Waals surface area (Å²) in [7, 11) is 0. The molecule has 1 atom stereocenters. The minimum atomic E-state index is -0.107. The van der Waals surface area contributed by atoms with Gasteiger partial charge in [-0.25, -0.2) is 4.79 Å². The van der Waals surface area contributed by atoms with Gasteiger partial charge in [0.1, 0.15) is 0 Å². The number of hydrogen-bond donors (Lipinski definition) is 1. The average Bonchev–Trinajstić information content (AvgIpc) is 2.98. The zero-order valence-corrected chi connectivity index (χ0v) is 11.6. The maximum absolute atomic E-state index is 12.2. The van der Waals surface area contributed by atoms with Crippen molar-refractivity contribution in [2.24, 2.45) is 5.92 Å². The number of nitriles is 1. The summed E-state index contributed by atoms with van der Waals surface area (Å²) in [5, 5.41) is 11.6. The zero-order chi connectivity index (χ0) is 14.4. The minimum absolute atomic E-state index is 0.107. The molecule has 1 aromatic carbocycles. The van der Waals surface area contributed by atoms with Gasteiger partial charge in [0, 0.05) is 31.3 Å². The summed E-state index contributed by atoms with van der Waals surface area (Å²) >= 11 is 0. The molecule has 2 amide bonds. The molecule has 0 bridgehead atoms. The van der Waals surface area contributed by atoms with Crippen LogP contribution in [0.5, 0.6) is 0 Å². The highest BCUT2D eigenvalue weighted by Gasteiger charge is 2.21. The van der Waals surface area contributed by atoms with Gasteiger partial charge in [-0.15, -0.1) is 0 Å². The fourth-order valence-corrected chi connectivity index (χ4v) is 2.23. The molecule has 5 heteroatoms. The lowest BCUT2D eigenvalue weighted by Gasteiger charge is -2.24. The van der Waals surface area contributed by atoms with E-state index in [9.17, 15) is 4.79 Å². The lowest BCUT2D eigenvalue weighted by molar-refractivity contribution is 0.171. The van der Waals surface area contributed by atoms with E-state index >= 15 is 0 Å². The lowest BCUT2D eigenvalue weighted by Crippen LogP contribution is -2.38. The van der Waals surface area contributed by atoms with E-state index < -0.39 is 0 Å². The topological polar surface area (TPSA) is 65.4 Å².